The van der Waals surface area contributed by atoms with E-state index in [1.807, 2.05) is 51.1 Å². The number of hydrogen-bond donors (Lipinski definition) is 0. The second-order valence-corrected chi connectivity index (χ2v) is 8.49. The summed E-state index contributed by atoms with van der Waals surface area (Å²) in [4.78, 5) is 4.48. The van der Waals surface area contributed by atoms with Crippen LogP contribution in [-0.2, 0) is 0 Å². The Kier molecular flexibility index (Phi) is 3.90. The van der Waals surface area contributed by atoms with Gasteiger partial charge in [0.2, 0.25) is 0 Å². The predicted octanol–water partition coefficient (Wildman–Crippen LogP) is 5.37. The first-order chi connectivity index (χ1) is 8.57. The Labute approximate surface area is 133 Å². The van der Waals surface area contributed by atoms with Gasteiger partial charge in [0.15, 0.2) is 8.67 Å². The molecule has 104 valence electrons. The fourth-order valence-corrected chi connectivity index (χ4v) is 4.53. The van der Waals surface area contributed by atoms with Crippen molar-refractivity contribution < 1.29 is 0 Å². The average molecular weight is 339 g/mol. The van der Waals surface area contributed by atoms with Gasteiger partial charge < -0.3 is 0 Å². The molecule has 0 aliphatic heterocycles. The smallest absolute Gasteiger partial charge is 0.168 e. The summed E-state index contributed by atoms with van der Waals surface area (Å²) in [6.07, 6.45) is 0. The van der Waals surface area contributed by atoms with Crippen LogP contribution in [0.1, 0.15) is 32.3 Å². The van der Waals surface area contributed by atoms with Gasteiger partial charge in [0.05, 0.1) is 17.2 Å². The van der Waals surface area contributed by atoms with Crippen LogP contribution in [0, 0.1) is 0 Å². The minimum atomic E-state index is -1.17. The first-order valence-corrected chi connectivity index (χ1v) is 7.49. The maximum atomic E-state index is 6.43. The molecular formula is C14H15Cl4N. The summed E-state index contributed by atoms with van der Waals surface area (Å²) in [7, 11) is 0. The van der Waals surface area contributed by atoms with E-state index in [1.165, 1.54) is 0 Å². The van der Waals surface area contributed by atoms with Crippen LogP contribution in [0.4, 0.5) is 0 Å². The van der Waals surface area contributed by atoms with Crippen LogP contribution >= 0.6 is 46.4 Å². The summed E-state index contributed by atoms with van der Waals surface area (Å²) in [5, 5.41) is 0. The normalized spacial score (nSPS) is 24.8. The molecule has 0 amide bonds. The summed E-state index contributed by atoms with van der Waals surface area (Å²) in [5.74, 6) is -0.394. The van der Waals surface area contributed by atoms with Crippen molar-refractivity contribution in [2.24, 2.45) is 4.99 Å². The fraction of sp³-hybridized carbons (Fsp3) is 0.500. The van der Waals surface area contributed by atoms with Crippen LogP contribution in [0.15, 0.2) is 35.3 Å². The first kappa shape index (κ1) is 15.4. The molecule has 5 heteroatoms. The molecule has 2 rings (SSSR count). The van der Waals surface area contributed by atoms with Gasteiger partial charge in [-0.05, 0) is 26.3 Å². The van der Waals surface area contributed by atoms with Crippen LogP contribution in [-0.4, -0.2) is 19.9 Å². The van der Waals surface area contributed by atoms with E-state index < -0.39 is 14.6 Å². The van der Waals surface area contributed by atoms with E-state index in [2.05, 4.69) is 4.99 Å². The van der Waals surface area contributed by atoms with Gasteiger partial charge in [0, 0.05) is 0 Å². The fourth-order valence-electron chi connectivity index (χ4n) is 2.19. The van der Waals surface area contributed by atoms with E-state index in [1.54, 1.807) is 0 Å². The number of aliphatic imine (C=N–C) groups is 1. The summed E-state index contributed by atoms with van der Waals surface area (Å²) in [6, 6.07) is 9.56. The molecule has 0 aromatic heterocycles. The van der Waals surface area contributed by atoms with Gasteiger partial charge in [-0.15, -0.1) is 0 Å². The summed E-state index contributed by atoms with van der Waals surface area (Å²) in [5.41, 5.74) is 1.000. The van der Waals surface area contributed by atoms with Crippen LogP contribution in [0.25, 0.3) is 0 Å². The lowest BCUT2D eigenvalue weighted by Gasteiger charge is -2.52. The second-order valence-electron chi connectivity index (χ2n) is 5.72. The zero-order valence-electron chi connectivity index (χ0n) is 10.9. The third kappa shape index (κ3) is 2.76. The minimum Gasteiger partial charge on any atom is -0.282 e. The third-order valence-electron chi connectivity index (χ3n) is 2.94. The lowest BCUT2D eigenvalue weighted by Crippen LogP contribution is -2.63. The van der Waals surface area contributed by atoms with Crippen molar-refractivity contribution in [1.82, 2.24) is 0 Å². The maximum Gasteiger partial charge on any atom is 0.168 e. The molecule has 0 N–H and O–H groups in total. The van der Waals surface area contributed by atoms with Crippen molar-refractivity contribution in [3.63, 3.8) is 0 Å². The molecule has 1 nitrogen and oxygen atoms in total. The summed E-state index contributed by atoms with van der Waals surface area (Å²) >= 11 is 25.7. The van der Waals surface area contributed by atoms with Crippen molar-refractivity contribution in [3.8, 4) is 0 Å². The van der Waals surface area contributed by atoms with Gasteiger partial charge in [-0.1, -0.05) is 76.7 Å². The molecule has 1 aromatic carbocycles. The molecular weight excluding hydrogens is 324 g/mol. The number of rotatable bonds is 1. The van der Waals surface area contributed by atoms with Crippen LogP contribution in [0.2, 0.25) is 0 Å². The molecule has 0 atom stereocenters. The van der Waals surface area contributed by atoms with E-state index in [-0.39, 0.29) is 5.54 Å². The molecule has 0 saturated heterocycles. The van der Waals surface area contributed by atoms with Crippen molar-refractivity contribution in [2.75, 3.05) is 0 Å². The van der Waals surface area contributed by atoms with Gasteiger partial charge in [0.1, 0.15) is 0 Å². The topological polar surface area (TPSA) is 12.4 Å². The van der Waals surface area contributed by atoms with E-state index in [0.717, 1.165) is 5.56 Å². The molecule has 1 aliphatic rings. The Hall–Kier alpha value is 0.0500. The monoisotopic (exact) mass is 337 g/mol. The number of hydrogen-bond acceptors (Lipinski definition) is 1. The van der Waals surface area contributed by atoms with Crippen LogP contribution < -0.4 is 0 Å². The number of halogens is 4. The number of alkyl halides is 4. The van der Waals surface area contributed by atoms with Gasteiger partial charge in [-0.3, -0.25) is 4.99 Å². The zero-order chi connectivity index (χ0) is 14.5. The van der Waals surface area contributed by atoms with Gasteiger partial charge in [0.25, 0.3) is 0 Å². The van der Waals surface area contributed by atoms with Crippen molar-refractivity contribution in [3.05, 3.63) is 35.9 Å². The Morgan fingerprint density at radius 2 is 1.42 bits per heavy atom. The standard InChI is InChI=1S/C14H15Cl4N/c1-12(2,3)19-11-13(15,16)10(14(11,17)18)9-7-5-4-6-8-9/h4-8,10H,1-3H3. The Morgan fingerprint density at radius 1 is 0.947 bits per heavy atom. The average Bonchev–Trinajstić information content (AvgIpc) is 2.25. The molecule has 1 aromatic rings. The largest absolute Gasteiger partial charge is 0.282 e. The highest BCUT2D eigenvalue weighted by Gasteiger charge is 2.68. The highest BCUT2D eigenvalue weighted by Crippen LogP contribution is 2.63. The molecule has 0 heterocycles. The molecule has 1 fully saturated rings. The van der Waals surface area contributed by atoms with Crippen molar-refractivity contribution in [1.29, 1.82) is 0 Å². The van der Waals surface area contributed by atoms with Crippen molar-refractivity contribution >= 4 is 52.1 Å². The van der Waals surface area contributed by atoms with Crippen LogP contribution in [0.3, 0.4) is 0 Å². The van der Waals surface area contributed by atoms with E-state index >= 15 is 0 Å². The van der Waals surface area contributed by atoms with Gasteiger partial charge >= 0.3 is 0 Å². The quantitative estimate of drug-likeness (QED) is 0.610. The van der Waals surface area contributed by atoms with E-state index in [4.69, 9.17) is 46.4 Å². The summed E-state index contributed by atoms with van der Waals surface area (Å²) < 4.78 is -2.34. The number of nitrogens with zero attached hydrogens (tertiary/aromatic N) is 1. The SMILES string of the molecule is CC(C)(C)N=C1C(Cl)(Cl)C(c2ccccc2)C1(Cl)Cl. The maximum absolute atomic E-state index is 6.43. The highest BCUT2D eigenvalue weighted by molar-refractivity contribution is 6.75. The molecule has 0 unspecified atom stereocenters. The first-order valence-electron chi connectivity index (χ1n) is 5.98. The Morgan fingerprint density at radius 3 is 1.84 bits per heavy atom. The molecule has 0 spiro atoms. The van der Waals surface area contributed by atoms with Crippen LogP contribution in [0.5, 0.6) is 0 Å². The lowest BCUT2D eigenvalue weighted by atomic mass is 9.75. The molecule has 0 radical (unpaired) electrons. The van der Waals surface area contributed by atoms with Gasteiger partial charge in [-0.25, -0.2) is 0 Å². The highest BCUT2D eigenvalue weighted by atomic mass is 35.5. The molecule has 19 heavy (non-hydrogen) atoms. The minimum absolute atomic E-state index is 0.332. The summed E-state index contributed by atoms with van der Waals surface area (Å²) in [6.45, 7) is 5.84. The second kappa shape index (κ2) is 4.80. The molecule has 1 aliphatic carbocycles. The molecule has 0 bridgehead atoms. The zero-order valence-corrected chi connectivity index (χ0v) is 13.9. The predicted molar refractivity (Wildman–Crippen MR) is 85.2 cm³/mol. The van der Waals surface area contributed by atoms with E-state index in [9.17, 15) is 0 Å². The van der Waals surface area contributed by atoms with Gasteiger partial charge in [-0.2, -0.15) is 0 Å². The molecule has 1 saturated carbocycles. The lowest BCUT2D eigenvalue weighted by molar-refractivity contribution is 0.533. The third-order valence-corrected chi connectivity index (χ3v) is 4.53. The van der Waals surface area contributed by atoms with E-state index in [0.29, 0.717) is 5.71 Å². The van der Waals surface area contributed by atoms with Crippen molar-refractivity contribution in [2.45, 2.75) is 40.9 Å². The number of benzene rings is 1. The Balaban J connectivity index is 2.44. The Bertz CT molecular complexity index is 482.